The number of aromatic hydroxyl groups is 1. The van der Waals surface area contributed by atoms with Crippen LogP contribution in [0.25, 0.3) is 0 Å². The molecule has 0 saturated carbocycles. The van der Waals surface area contributed by atoms with Crippen LogP contribution in [-0.2, 0) is 13.0 Å². The highest BCUT2D eigenvalue weighted by molar-refractivity contribution is 5.91. The molecule has 0 atom stereocenters. The maximum atomic E-state index is 11.4. The number of hydrogen-bond donors (Lipinski definition) is 2. The molecule has 0 fully saturated rings. The fraction of sp³-hybridized carbons (Fsp3) is 0.286. The van der Waals surface area contributed by atoms with Gasteiger partial charge in [-0.1, -0.05) is 87.1 Å². The minimum Gasteiger partial charge on any atom is -0.507 e. The van der Waals surface area contributed by atoms with Crippen LogP contribution < -0.4 is 4.90 Å². The number of carboxylic acids is 1. The smallest absolute Gasteiger partial charge is 0.339 e. The van der Waals surface area contributed by atoms with Gasteiger partial charge in [0, 0.05) is 36.0 Å². The van der Waals surface area contributed by atoms with Gasteiger partial charge in [-0.25, -0.2) is 4.79 Å². The van der Waals surface area contributed by atoms with Crippen molar-refractivity contribution in [2.24, 2.45) is 5.41 Å². The van der Waals surface area contributed by atoms with E-state index in [2.05, 4.69) is 92.1 Å². The standard InChI is InChI=1S/C35H37NO3/c1-4-5-7-26-9-11-27(12-10-26)13-14-28-15-17-29(18-16-28)24-36(25-30-8-6-21-35(2,3)23-30)31-19-20-32(34(38)39)33(37)22-31/h6,8-12,15-22,37H,4-5,7,23-25H2,1-3H3,(H,38,39). The third-order valence-corrected chi connectivity index (χ3v) is 6.98. The monoisotopic (exact) mass is 519 g/mol. The SMILES string of the molecule is CCCCc1ccc(C#Cc2ccc(CN(CC3=CC=CC(C)(C)C3)c3ccc(C(=O)O)c(O)c3)cc2)cc1. The lowest BCUT2D eigenvalue weighted by atomic mass is 9.82. The van der Waals surface area contributed by atoms with Crippen LogP contribution >= 0.6 is 0 Å². The summed E-state index contributed by atoms with van der Waals surface area (Å²) in [5.41, 5.74) is 6.46. The van der Waals surface area contributed by atoms with Gasteiger partial charge >= 0.3 is 5.97 Å². The molecule has 0 spiro atoms. The van der Waals surface area contributed by atoms with Crippen molar-refractivity contribution >= 4 is 11.7 Å². The van der Waals surface area contributed by atoms with E-state index in [9.17, 15) is 15.0 Å². The fourth-order valence-corrected chi connectivity index (χ4v) is 4.83. The van der Waals surface area contributed by atoms with Gasteiger partial charge in [-0.15, -0.1) is 0 Å². The van der Waals surface area contributed by atoms with Gasteiger partial charge in [0.2, 0.25) is 0 Å². The number of carbonyl (C=O) groups is 1. The van der Waals surface area contributed by atoms with Gasteiger partial charge in [-0.05, 0) is 72.2 Å². The normalized spacial score (nSPS) is 13.8. The Kier molecular flexibility index (Phi) is 8.94. The van der Waals surface area contributed by atoms with Gasteiger partial charge < -0.3 is 15.1 Å². The van der Waals surface area contributed by atoms with Crippen LogP contribution in [0.15, 0.2) is 90.5 Å². The number of rotatable bonds is 9. The molecule has 1 aliphatic carbocycles. The van der Waals surface area contributed by atoms with Crippen LogP contribution in [0.2, 0.25) is 0 Å². The van der Waals surface area contributed by atoms with Gasteiger partial charge in [0.25, 0.3) is 0 Å². The number of nitrogens with zero attached hydrogens (tertiary/aromatic N) is 1. The molecule has 3 aromatic carbocycles. The fourth-order valence-electron chi connectivity index (χ4n) is 4.83. The van der Waals surface area contributed by atoms with Crippen molar-refractivity contribution in [2.75, 3.05) is 11.4 Å². The third kappa shape index (κ3) is 7.88. The lowest BCUT2D eigenvalue weighted by Crippen LogP contribution is -2.27. The summed E-state index contributed by atoms with van der Waals surface area (Å²) in [4.78, 5) is 13.6. The van der Waals surface area contributed by atoms with Gasteiger partial charge in [-0.2, -0.15) is 0 Å². The molecular weight excluding hydrogens is 482 g/mol. The lowest BCUT2D eigenvalue weighted by Gasteiger charge is -2.31. The molecule has 4 nitrogen and oxygen atoms in total. The van der Waals surface area contributed by atoms with Crippen molar-refractivity contribution in [3.8, 4) is 17.6 Å². The summed E-state index contributed by atoms with van der Waals surface area (Å²) >= 11 is 0. The van der Waals surface area contributed by atoms with Crippen LogP contribution in [0.3, 0.4) is 0 Å². The van der Waals surface area contributed by atoms with Gasteiger partial charge in [0.1, 0.15) is 11.3 Å². The van der Waals surface area contributed by atoms with E-state index in [1.54, 1.807) is 12.1 Å². The molecule has 0 bridgehead atoms. The number of anilines is 1. The van der Waals surface area contributed by atoms with Crippen molar-refractivity contribution in [1.82, 2.24) is 0 Å². The van der Waals surface area contributed by atoms with Crippen molar-refractivity contribution in [2.45, 2.75) is 53.0 Å². The Labute approximate surface area is 232 Å². The number of allylic oxidation sites excluding steroid dienone is 3. The largest absolute Gasteiger partial charge is 0.507 e. The zero-order valence-electron chi connectivity index (χ0n) is 23.1. The van der Waals surface area contributed by atoms with E-state index in [1.165, 1.54) is 30.0 Å². The number of benzene rings is 3. The molecule has 200 valence electrons. The van der Waals surface area contributed by atoms with Crippen molar-refractivity contribution < 1.29 is 15.0 Å². The molecule has 2 N–H and O–H groups in total. The summed E-state index contributed by atoms with van der Waals surface area (Å²) in [6.45, 7) is 7.93. The molecule has 0 unspecified atom stereocenters. The molecule has 0 aliphatic heterocycles. The number of carboxylic acid groups (broad SMARTS) is 1. The minimum absolute atomic E-state index is 0.0845. The molecule has 1 aliphatic rings. The van der Waals surface area contributed by atoms with Crippen molar-refractivity contribution in [3.05, 3.63) is 118 Å². The first-order valence-electron chi connectivity index (χ1n) is 13.6. The molecule has 0 saturated heterocycles. The second-order valence-corrected chi connectivity index (χ2v) is 11.0. The Balaban J connectivity index is 1.51. The van der Waals surface area contributed by atoms with Crippen LogP contribution in [0.4, 0.5) is 5.69 Å². The summed E-state index contributed by atoms with van der Waals surface area (Å²) in [6.07, 6.45) is 10.9. The average molecular weight is 520 g/mol. The highest BCUT2D eigenvalue weighted by Crippen LogP contribution is 2.33. The van der Waals surface area contributed by atoms with Gasteiger partial charge in [-0.3, -0.25) is 0 Å². The van der Waals surface area contributed by atoms with E-state index in [0.29, 0.717) is 13.1 Å². The number of aromatic carboxylic acids is 1. The maximum absolute atomic E-state index is 11.4. The average Bonchev–Trinajstić information content (AvgIpc) is 2.91. The Morgan fingerprint density at radius 1 is 0.923 bits per heavy atom. The number of hydrogen-bond acceptors (Lipinski definition) is 3. The van der Waals surface area contributed by atoms with E-state index in [-0.39, 0.29) is 16.7 Å². The van der Waals surface area contributed by atoms with E-state index >= 15 is 0 Å². The first-order valence-corrected chi connectivity index (χ1v) is 13.6. The zero-order chi connectivity index (χ0) is 27.8. The topological polar surface area (TPSA) is 60.8 Å². The van der Waals surface area contributed by atoms with Gasteiger partial charge in [0.05, 0.1) is 0 Å². The van der Waals surface area contributed by atoms with Crippen LogP contribution in [0.5, 0.6) is 5.75 Å². The third-order valence-electron chi connectivity index (χ3n) is 6.98. The van der Waals surface area contributed by atoms with E-state index in [1.807, 2.05) is 12.1 Å². The number of phenols is 1. The second-order valence-electron chi connectivity index (χ2n) is 11.0. The van der Waals surface area contributed by atoms with Crippen molar-refractivity contribution in [1.29, 1.82) is 0 Å². The Bertz CT molecular complexity index is 1420. The molecule has 39 heavy (non-hydrogen) atoms. The molecule has 0 amide bonds. The first kappa shape index (κ1) is 27.8. The lowest BCUT2D eigenvalue weighted by molar-refractivity contribution is 0.0693. The quantitative estimate of drug-likeness (QED) is 0.284. The Morgan fingerprint density at radius 3 is 2.13 bits per heavy atom. The van der Waals surface area contributed by atoms with E-state index in [0.717, 1.165) is 35.2 Å². The maximum Gasteiger partial charge on any atom is 0.339 e. The number of aryl methyl sites for hydroxylation is 1. The molecule has 3 aromatic rings. The highest BCUT2D eigenvalue weighted by atomic mass is 16.4. The van der Waals surface area contributed by atoms with Gasteiger partial charge in [0.15, 0.2) is 0 Å². The predicted octanol–water partition coefficient (Wildman–Crippen LogP) is 7.75. The summed E-state index contributed by atoms with van der Waals surface area (Å²) in [5.74, 6) is 5.16. The second kappa shape index (κ2) is 12.5. The van der Waals surface area contributed by atoms with Crippen molar-refractivity contribution in [3.63, 3.8) is 0 Å². The van der Waals surface area contributed by atoms with Crippen LogP contribution in [0.1, 0.15) is 72.6 Å². The molecule has 0 aromatic heterocycles. The van der Waals surface area contributed by atoms with E-state index < -0.39 is 5.97 Å². The van der Waals surface area contributed by atoms with Crippen LogP contribution in [-0.4, -0.2) is 22.7 Å². The predicted molar refractivity (Wildman–Crippen MR) is 159 cm³/mol. The summed E-state index contributed by atoms with van der Waals surface area (Å²) in [6, 6.07) is 21.5. The molecule has 4 heteroatoms. The summed E-state index contributed by atoms with van der Waals surface area (Å²) in [5, 5.41) is 19.7. The summed E-state index contributed by atoms with van der Waals surface area (Å²) in [7, 11) is 0. The molecule has 4 rings (SSSR count). The Morgan fingerprint density at radius 2 is 1.56 bits per heavy atom. The highest BCUT2D eigenvalue weighted by Gasteiger charge is 2.21. The zero-order valence-corrected chi connectivity index (χ0v) is 23.1. The first-order chi connectivity index (χ1) is 18.7. The summed E-state index contributed by atoms with van der Waals surface area (Å²) < 4.78 is 0. The molecular formula is C35H37NO3. The Hall–Kier alpha value is -4.23. The van der Waals surface area contributed by atoms with E-state index in [4.69, 9.17) is 0 Å². The number of unbranched alkanes of at least 4 members (excludes halogenated alkanes) is 1. The molecule has 0 radical (unpaired) electrons. The minimum atomic E-state index is -1.14. The molecule has 0 heterocycles. The van der Waals surface area contributed by atoms with Crippen LogP contribution in [0, 0.1) is 17.3 Å².